The second-order valence-electron chi connectivity index (χ2n) is 4.10. The van der Waals surface area contributed by atoms with Gasteiger partial charge in [-0.3, -0.25) is 5.14 Å². The predicted octanol–water partition coefficient (Wildman–Crippen LogP) is 3.48. The second kappa shape index (κ2) is 6.94. The number of nitrogens with zero attached hydrogens (tertiary/aromatic N) is 1. The van der Waals surface area contributed by atoms with E-state index in [-0.39, 0.29) is 5.54 Å². The number of hydrogen-bond donors (Lipinski definition) is 1. The molecule has 0 aliphatic rings. The third kappa shape index (κ3) is 3.81. The normalized spacial score (nSPS) is 11.0. The minimum Gasteiger partial charge on any atom is -0.300 e. The van der Waals surface area contributed by atoms with Crippen LogP contribution in [-0.4, -0.2) is 19.0 Å². The smallest absolute Gasteiger partial charge is 0.0398 e. The summed E-state index contributed by atoms with van der Waals surface area (Å²) in [5.41, 5.74) is 1.37. The molecule has 0 atom stereocenters. The standard InChI is InChI=1S/C11H18N2S.C2H6/c1-11(2,13(3)4)9-5-7-10(14-12)8-6-9;1-2/h5-8H,12H2,1-4H3;1-2H3. The molecule has 2 N–H and O–H groups in total. The summed E-state index contributed by atoms with van der Waals surface area (Å²) >= 11 is 1.28. The summed E-state index contributed by atoms with van der Waals surface area (Å²) in [4.78, 5) is 3.31. The average Bonchev–Trinajstić information content (AvgIpc) is 2.31. The Morgan fingerprint density at radius 2 is 1.50 bits per heavy atom. The molecule has 0 aliphatic heterocycles. The van der Waals surface area contributed by atoms with Crippen LogP contribution in [0.4, 0.5) is 0 Å². The molecule has 92 valence electrons. The Morgan fingerprint density at radius 3 is 1.81 bits per heavy atom. The lowest BCUT2D eigenvalue weighted by Crippen LogP contribution is -2.35. The van der Waals surface area contributed by atoms with Crippen LogP contribution in [0.3, 0.4) is 0 Å². The van der Waals surface area contributed by atoms with Gasteiger partial charge in [-0.15, -0.1) is 0 Å². The number of rotatable bonds is 3. The van der Waals surface area contributed by atoms with Crippen molar-refractivity contribution >= 4 is 11.9 Å². The van der Waals surface area contributed by atoms with Crippen molar-refractivity contribution in [3.05, 3.63) is 29.8 Å². The first-order valence-electron chi connectivity index (χ1n) is 5.63. The van der Waals surface area contributed by atoms with Crippen LogP contribution in [0.2, 0.25) is 0 Å². The third-order valence-corrected chi connectivity index (χ3v) is 3.36. The largest absolute Gasteiger partial charge is 0.300 e. The molecule has 0 spiro atoms. The van der Waals surface area contributed by atoms with Crippen LogP contribution in [0.1, 0.15) is 33.3 Å². The second-order valence-corrected chi connectivity index (χ2v) is 4.80. The molecule has 3 heteroatoms. The monoisotopic (exact) mass is 240 g/mol. The highest BCUT2D eigenvalue weighted by Crippen LogP contribution is 2.26. The summed E-state index contributed by atoms with van der Waals surface area (Å²) in [6.07, 6.45) is 0. The molecule has 0 unspecified atom stereocenters. The lowest BCUT2D eigenvalue weighted by molar-refractivity contribution is 0.197. The maximum atomic E-state index is 5.47. The van der Waals surface area contributed by atoms with Crippen molar-refractivity contribution in [2.75, 3.05) is 14.1 Å². The van der Waals surface area contributed by atoms with E-state index in [1.165, 1.54) is 17.5 Å². The van der Waals surface area contributed by atoms with E-state index < -0.39 is 0 Å². The van der Waals surface area contributed by atoms with Crippen LogP contribution in [0.5, 0.6) is 0 Å². The summed E-state index contributed by atoms with van der Waals surface area (Å²) in [6.45, 7) is 8.41. The SMILES string of the molecule is CC.CN(C)C(C)(C)c1ccc(SN)cc1. The highest BCUT2D eigenvalue weighted by molar-refractivity contribution is 7.97. The highest BCUT2D eigenvalue weighted by Gasteiger charge is 2.22. The van der Waals surface area contributed by atoms with Gasteiger partial charge in [0.1, 0.15) is 0 Å². The lowest BCUT2D eigenvalue weighted by Gasteiger charge is -2.33. The molecule has 0 aliphatic carbocycles. The van der Waals surface area contributed by atoms with Crippen molar-refractivity contribution in [2.24, 2.45) is 5.14 Å². The Balaban J connectivity index is 0.00000106. The van der Waals surface area contributed by atoms with Crippen molar-refractivity contribution in [1.29, 1.82) is 0 Å². The van der Waals surface area contributed by atoms with E-state index in [1.54, 1.807) is 0 Å². The van der Waals surface area contributed by atoms with Gasteiger partial charge in [-0.2, -0.15) is 0 Å². The van der Waals surface area contributed by atoms with Gasteiger partial charge in [0.15, 0.2) is 0 Å². The van der Waals surface area contributed by atoms with Crippen molar-refractivity contribution in [2.45, 2.75) is 38.1 Å². The fourth-order valence-corrected chi connectivity index (χ4v) is 1.49. The number of hydrogen-bond acceptors (Lipinski definition) is 3. The maximum Gasteiger partial charge on any atom is 0.0398 e. The van der Waals surface area contributed by atoms with Gasteiger partial charge in [-0.25, -0.2) is 0 Å². The van der Waals surface area contributed by atoms with Crippen LogP contribution < -0.4 is 5.14 Å². The van der Waals surface area contributed by atoms with E-state index in [4.69, 9.17) is 5.14 Å². The first kappa shape index (κ1) is 15.5. The molecule has 0 bridgehead atoms. The third-order valence-electron chi connectivity index (χ3n) is 2.81. The minimum absolute atomic E-state index is 0.0673. The molecule has 0 saturated heterocycles. The van der Waals surface area contributed by atoms with E-state index in [2.05, 4.69) is 57.1 Å². The molecule has 0 heterocycles. The molecule has 0 radical (unpaired) electrons. The molecular formula is C13H24N2S. The first-order chi connectivity index (χ1) is 7.48. The Morgan fingerprint density at radius 1 is 1.06 bits per heavy atom. The lowest BCUT2D eigenvalue weighted by atomic mass is 9.93. The van der Waals surface area contributed by atoms with E-state index in [9.17, 15) is 0 Å². The van der Waals surface area contributed by atoms with Gasteiger partial charge in [0, 0.05) is 10.4 Å². The van der Waals surface area contributed by atoms with Gasteiger partial charge in [0.25, 0.3) is 0 Å². The molecule has 16 heavy (non-hydrogen) atoms. The van der Waals surface area contributed by atoms with Crippen molar-refractivity contribution < 1.29 is 0 Å². The van der Waals surface area contributed by atoms with Gasteiger partial charge in [0.2, 0.25) is 0 Å². The zero-order valence-corrected chi connectivity index (χ0v) is 12.1. The van der Waals surface area contributed by atoms with Crippen molar-refractivity contribution in [1.82, 2.24) is 4.90 Å². The summed E-state index contributed by atoms with van der Waals surface area (Å²) in [7, 11) is 4.18. The zero-order valence-electron chi connectivity index (χ0n) is 11.2. The Hall–Kier alpha value is -0.510. The van der Waals surface area contributed by atoms with Crippen LogP contribution in [0, 0.1) is 0 Å². The summed E-state index contributed by atoms with van der Waals surface area (Å²) in [6, 6.07) is 8.39. The molecule has 1 aromatic rings. The van der Waals surface area contributed by atoms with Crippen LogP contribution in [-0.2, 0) is 5.54 Å². The van der Waals surface area contributed by atoms with Gasteiger partial charge < -0.3 is 4.90 Å². The van der Waals surface area contributed by atoms with E-state index in [0.717, 1.165) is 4.90 Å². The fourth-order valence-electron chi connectivity index (χ4n) is 1.20. The summed E-state index contributed by atoms with van der Waals surface area (Å²) in [5, 5.41) is 5.47. The quantitative estimate of drug-likeness (QED) is 0.820. The van der Waals surface area contributed by atoms with Crippen LogP contribution >= 0.6 is 11.9 Å². The summed E-state index contributed by atoms with van der Waals surface area (Å²) < 4.78 is 0. The predicted molar refractivity (Wildman–Crippen MR) is 74.5 cm³/mol. The molecule has 0 amide bonds. The molecule has 1 rings (SSSR count). The topological polar surface area (TPSA) is 29.3 Å². The molecular weight excluding hydrogens is 216 g/mol. The highest BCUT2D eigenvalue weighted by atomic mass is 32.2. The Kier molecular flexibility index (Phi) is 6.72. The molecule has 0 saturated carbocycles. The fraction of sp³-hybridized carbons (Fsp3) is 0.538. The van der Waals surface area contributed by atoms with E-state index in [0.29, 0.717) is 0 Å². The molecule has 0 aromatic heterocycles. The van der Waals surface area contributed by atoms with E-state index >= 15 is 0 Å². The van der Waals surface area contributed by atoms with Gasteiger partial charge in [-0.05, 0) is 57.6 Å². The van der Waals surface area contributed by atoms with Crippen LogP contribution in [0.15, 0.2) is 29.2 Å². The molecule has 2 nitrogen and oxygen atoms in total. The number of benzene rings is 1. The van der Waals surface area contributed by atoms with Crippen LogP contribution in [0.25, 0.3) is 0 Å². The Labute approximate surface area is 104 Å². The number of nitrogens with two attached hydrogens (primary N) is 1. The van der Waals surface area contributed by atoms with E-state index in [1.807, 2.05) is 13.8 Å². The average molecular weight is 240 g/mol. The first-order valence-corrected chi connectivity index (χ1v) is 6.51. The minimum atomic E-state index is 0.0673. The maximum absolute atomic E-state index is 5.47. The van der Waals surface area contributed by atoms with Crippen molar-refractivity contribution in [3.63, 3.8) is 0 Å². The van der Waals surface area contributed by atoms with Gasteiger partial charge in [0.05, 0.1) is 0 Å². The van der Waals surface area contributed by atoms with Gasteiger partial charge >= 0.3 is 0 Å². The van der Waals surface area contributed by atoms with Gasteiger partial charge in [-0.1, -0.05) is 26.0 Å². The molecule has 1 aromatic carbocycles. The Bertz CT molecular complexity index is 291. The molecule has 0 fully saturated rings. The summed E-state index contributed by atoms with van der Waals surface area (Å²) in [5.74, 6) is 0. The zero-order chi connectivity index (χ0) is 12.8. The van der Waals surface area contributed by atoms with Crippen molar-refractivity contribution in [3.8, 4) is 0 Å².